The van der Waals surface area contributed by atoms with Gasteiger partial charge in [0.25, 0.3) is 0 Å². The Morgan fingerprint density at radius 3 is 2.67 bits per heavy atom. The minimum Gasteiger partial charge on any atom is -0.456 e. The van der Waals surface area contributed by atoms with E-state index in [1.54, 1.807) is 12.1 Å². The van der Waals surface area contributed by atoms with Crippen LogP contribution in [0.3, 0.4) is 0 Å². The average molecular weight is 286 g/mol. The third-order valence-electron chi connectivity index (χ3n) is 3.09. The minimum absolute atomic E-state index is 0.00617. The maximum Gasteiger partial charge on any atom is 0.173 e. The molecule has 0 aromatic heterocycles. The van der Waals surface area contributed by atoms with Gasteiger partial charge in [0.05, 0.1) is 5.56 Å². The summed E-state index contributed by atoms with van der Waals surface area (Å²) in [4.78, 5) is 0. The van der Waals surface area contributed by atoms with E-state index in [4.69, 9.17) is 20.8 Å². The van der Waals surface area contributed by atoms with Crippen molar-refractivity contribution in [2.24, 2.45) is 10.9 Å². The first-order valence-corrected chi connectivity index (χ1v) is 6.61. The summed E-state index contributed by atoms with van der Waals surface area (Å²) in [5, 5.41) is 21.0. The summed E-state index contributed by atoms with van der Waals surface area (Å²) >= 11 is 0. The lowest BCUT2D eigenvalue weighted by Gasteiger charge is -2.14. The Bertz CT molecular complexity index is 654. The number of aliphatic hydroxyl groups excluding tert-OH is 1. The molecule has 0 fully saturated rings. The Morgan fingerprint density at radius 1 is 1.19 bits per heavy atom. The second-order valence-corrected chi connectivity index (χ2v) is 4.67. The molecule has 0 saturated carbocycles. The maximum atomic E-state index is 9.10. The van der Waals surface area contributed by atoms with E-state index >= 15 is 0 Å². The van der Waals surface area contributed by atoms with Crippen molar-refractivity contribution < 1.29 is 15.1 Å². The molecule has 0 heterocycles. The first-order chi connectivity index (χ1) is 10.2. The van der Waals surface area contributed by atoms with E-state index in [1.807, 2.05) is 37.3 Å². The van der Waals surface area contributed by atoms with Crippen LogP contribution < -0.4 is 10.5 Å². The van der Waals surface area contributed by atoms with E-state index in [2.05, 4.69) is 5.16 Å². The zero-order valence-electron chi connectivity index (χ0n) is 11.8. The molecule has 21 heavy (non-hydrogen) atoms. The molecule has 0 aliphatic rings. The van der Waals surface area contributed by atoms with Gasteiger partial charge in [0.1, 0.15) is 11.5 Å². The van der Waals surface area contributed by atoms with Crippen LogP contribution >= 0.6 is 0 Å². The average Bonchev–Trinajstić information content (AvgIpc) is 2.50. The van der Waals surface area contributed by atoms with Crippen LogP contribution in [0.5, 0.6) is 11.5 Å². The number of oxime groups is 1. The summed E-state index contributed by atoms with van der Waals surface area (Å²) in [6, 6.07) is 12.9. The van der Waals surface area contributed by atoms with Crippen LogP contribution in [0.2, 0.25) is 0 Å². The summed E-state index contributed by atoms with van der Waals surface area (Å²) in [5.41, 5.74) is 8.09. The lowest BCUT2D eigenvalue weighted by Crippen LogP contribution is -2.14. The highest BCUT2D eigenvalue weighted by molar-refractivity contribution is 5.99. The number of para-hydroxylation sites is 1. The zero-order valence-corrected chi connectivity index (χ0v) is 11.8. The van der Waals surface area contributed by atoms with Gasteiger partial charge in [0.2, 0.25) is 0 Å². The summed E-state index contributed by atoms with van der Waals surface area (Å²) in [6.45, 7) is 1.96. The van der Waals surface area contributed by atoms with E-state index in [0.29, 0.717) is 23.5 Å². The van der Waals surface area contributed by atoms with Crippen molar-refractivity contribution in [3.63, 3.8) is 0 Å². The largest absolute Gasteiger partial charge is 0.456 e. The summed E-state index contributed by atoms with van der Waals surface area (Å²) < 4.78 is 5.89. The highest BCUT2D eigenvalue weighted by atomic mass is 16.5. The number of benzene rings is 2. The monoisotopic (exact) mass is 286 g/mol. The molecule has 0 aliphatic heterocycles. The van der Waals surface area contributed by atoms with Crippen molar-refractivity contribution in [3.8, 4) is 11.5 Å². The van der Waals surface area contributed by atoms with E-state index in [0.717, 1.165) is 11.1 Å². The summed E-state index contributed by atoms with van der Waals surface area (Å²) in [5.74, 6) is 1.14. The second-order valence-electron chi connectivity index (χ2n) is 4.67. The molecule has 0 saturated heterocycles. The number of rotatable bonds is 5. The predicted molar refractivity (Wildman–Crippen MR) is 81.0 cm³/mol. The van der Waals surface area contributed by atoms with Crippen LogP contribution in [0, 0.1) is 6.92 Å². The van der Waals surface area contributed by atoms with Crippen LogP contribution in [0.1, 0.15) is 16.7 Å². The van der Waals surface area contributed by atoms with Crippen molar-refractivity contribution in [1.29, 1.82) is 0 Å². The highest BCUT2D eigenvalue weighted by Crippen LogP contribution is 2.29. The lowest BCUT2D eigenvalue weighted by molar-refractivity contribution is 0.298. The minimum atomic E-state index is -0.00617. The third kappa shape index (κ3) is 3.52. The number of aryl methyl sites for hydroxylation is 1. The Labute approximate surface area is 123 Å². The number of amidine groups is 1. The molecule has 0 aliphatic carbocycles. The standard InChI is InChI=1S/C16H18N2O3/c1-11-6-7-15(13(10-11)16(17)18-20)21-14-5-3-2-4-12(14)8-9-19/h2-7,10,19-20H,8-9H2,1H3,(H2,17,18). The van der Waals surface area contributed by atoms with Crippen LogP contribution in [0.25, 0.3) is 0 Å². The van der Waals surface area contributed by atoms with Crippen LogP contribution in [-0.4, -0.2) is 22.8 Å². The van der Waals surface area contributed by atoms with Crippen molar-refractivity contribution in [1.82, 2.24) is 0 Å². The molecule has 5 heteroatoms. The Hall–Kier alpha value is -2.53. The molecule has 0 radical (unpaired) electrons. The molecule has 2 aromatic carbocycles. The van der Waals surface area contributed by atoms with Gasteiger partial charge in [-0.1, -0.05) is 35.0 Å². The van der Waals surface area contributed by atoms with Crippen LogP contribution in [0.4, 0.5) is 0 Å². The van der Waals surface area contributed by atoms with Gasteiger partial charge in [-0.15, -0.1) is 0 Å². The van der Waals surface area contributed by atoms with Crippen molar-refractivity contribution in [2.45, 2.75) is 13.3 Å². The van der Waals surface area contributed by atoms with E-state index in [-0.39, 0.29) is 12.4 Å². The van der Waals surface area contributed by atoms with Crippen LogP contribution in [-0.2, 0) is 6.42 Å². The molecular weight excluding hydrogens is 268 g/mol. The number of nitrogens with zero attached hydrogens (tertiary/aromatic N) is 1. The van der Waals surface area contributed by atoms with Crippen molar-refractivity contribution in [2.75, 3.05) is 6.61 Å². The van der Waals surface area contributed by atoms with Gasteiger partial charge in [-0.3, -0.25) is 0 Å². The molecule has 0 unspecified atom stereocenters. The molecule has 0 spiro atoms. The fraction of sp³-hybridized carbons (Fsp3) is 0.188. The number of ether oxygens (including phenoxy) is 1. The molecule has 4 N–H and O–H groups in total. The predicted octanol–water partition coefficient (Wildman–Crippen LogP) is 2.42. The van der Waals surface area contributed by atoms with Gasteiger partial charge in [-0.25, -0.2) is 0 Å². The van der Waals surface area contributed by atoms with Crippen LogP contribution in [0.15, 0.2) is 47.6 Å². The number of hydrogen-bond acceptors (Lipinski definition) is 4. The number of nitrogens with two attached hydrogens (primary N) is 1. The maximum absolute atomic E-state index is 9.10. The fourth-order valence-corrected chi connectivity index (χ4v) is 2.04. The molecule has 2 aromatic rings. The first kappa shape index (κ1) is 14.9. The molecule has 110 valence electrons. The molecule has 0 atom stereocenters. The topological polar surface area (TPSA) is 88.1 Å². The summed E-state index contributed by atoms with van der Waals surface area (Å²) in [6.07, 6.45) is 0.501. The van der Waals surface area contributed by atoms with Gasteiger partial charge in [0.15, 0.2) is 5.84 Å². The quantitative estimate of drug-likeness (QED) is 0.341. The third-order valence-corrected chi connectivity index (χ3v) is 3.09. The van der Waals surface area contributed by atoms with Gasteiger partial charge in [-0.05, 0) is 37.1 Å². The van der Waals surface area contributed by atoms with Gasteiger partial charge >= 0.3 is 0 Å². The summed E-state index contributed by atoms with van der Waals surface area (Å²) in [7, 11) is 0. The van der Waals surface area contributed by atoms with Crippen molar-refractivity contribution >= 4 is 5.84 Å². The lowest BCUT2D eigenvalue weighted by atomic mass is 10.1. The molecule has 5 nitrogen and oxygen atoms in total. The normalized spacial score (nSPS) is 11.4. The molecule has 0 bridgehead atoms. The molecule has 2 rings (SSSR count). The smallest absolute Gasteiger partial charge is 0.173 e. The Morgan fingerprint density at radius 2 is 1.95 bits per heavy atom. The molecule has 0 amide bonds. The van der Waals surface area contributed by atoms with Crippen molar-refractivity contribution in [3.05, 3.63) is 59.2 Å². The number of hydrogen-bond donors (Lipinski definition) is 3. The Kier molecular flexibility index (Phi) is 4.79. The zero-order chi connectivity index (χ0) is 15.2. The Balaban J connectivity index is 2.40. The van der Waals surface area contributed by atoms with Gasteiger partial charge in [-0.2, -0.15) is 0 Å². The number of aliphatic hydroxyl groups is 1. The van der Waals surface area contributed by atoms with Gasteiger partial charge < -0.3 is 20.8 Å². The first-order valence-electron chi connectivity index (χ1n) is 6.61. The van der Waals surface area contributed by atoms with E-state index in [9.17, 15) is 0 Å². The second kappa shape index (κ2) is 6.76. The highest BCUT2D eigenvalue weighted by Gasteiger charge is 2.11. The van der Waals surface area contributed by atoms with Gasteiger partial charge in [0, 0.05) is 6.61 Å². The van der Waals surface area contributed by atoms with E-state index in [1.165, 1.54) is 0 Å². The SMILES string of the molecule is Cc1ccc(Oc2ccccc2CCO)c(/C(N)=N/O)c1. The molecular formula is C16H18N2O3. The fourth-order valence-electron chi connectivity index (χ4n) is 2.04. The van der Waals surface area contributed by atoms with E-state index < -0.39 is 0 Å².